The summed E-state index contributed by atoms with van der Waals surface area (Å²) >= 11 is 0. The number of aryl methyl sites for hydroxylation is 1. The van der Waals surface area contributed by atoms with Gasteiger partial charge < -0.3 is 10.2 Å². The normalized spacial score (nSPS) is 20.7. The van der Waals surface area contributed by atoms with Crippen LogP contribution in [0.3, 0.4) is 0 Å². The van der Waals surface area contributed by atoms with Gasteiger partial charge >= 0.3 is 0 Å². The minimum absolute atomic E-state index is 0.0174. The van der Waals surface area contributed by atoms with E-state index in [1.54, 1.807) is 30.9 Å². The molecule has 4 rings (SSSR count). The summed E-state index contributed by atoms with van der Waals surface area (Å²) in [5.41, 5.74) is 3.05. The maximum absolute atomic E-state index is 13.0. The molecule has 0 bridgehead atoms. The Kier molecular flexibility index (Phi) is 6.86. The van der Waals surface area contributed by atoms with Crippen LogP contribution in [0.1, 0.15) is 50.3 Å². The van der Waals surface area contributed by atoms with Crippen molar-refractivity contribution in [1.29, 1.82) is 0 Å². The Morgan fingerprint density at radius 2 is 1.79 bits per heavy atom. The zero-order valence-corrected chi connectivity index (χ0v) is 20.0. The van der Waals surface area contributed by atoms with E-state index in [-0.39, 0.29) is 29.2 Å². The van der Waals surface area contributed by atoms with Gasteiger partial charge in [0.25, 0.3) is 0 Å². The molecule has 2 aliphatic rings. The van der Waals surface area contributed by atoms with Crippen LogP contribution in [0.2, 0.25) is 0 Å². The molecule has 1 aliphatic heterocycles. The summed E-state index contributed by atoms with van der Waals surface area (Å²) in [5.74, 6) is -0.655. The molecule has 2 atom stereocenters. The molecule has 1 saturated heterocycles. The van der Waals surface area contributed by atoms with E-state index in [0.29, 0.717) is 25.3 Å². The first kappa shape index (κ1) is 23.4. The fourth-order valence-corrected chi connectivity index (χ4v) is 6.29. The number of nitrogens with one attached hydrogen (secondary N) is 1. The van der Waals surface area contributed by atoms with E-state index in [2.05, 4.69) is 17.4 Å². The van der Waals surface area contributed by atoms with Crippen molar-refractivity contribution < 1.29 is 18.0 Å². The van der Waals surface area contributed by atoms with Crippen LogP contribution in [-0.4, -0.2) is 44.2 Å². The van der Waals surface area contributed by atoms with Gasteiger partial charge in [-0.3, -0.25) is 9.59 Å². The van der Waals surface area contributed by atoms with Gasteiger partial charge in [0.2, 0.25) is 21.8 Å². The second-order valence-corrected chi connectivity index (χ2v) is 10.6. The van der Waals surface area contributed by atoms with Crippen molar-refractivity contribution in [3.8, 4) is 0 Å². The summed E-state index contributed by atoms with van der Waals surface area (Å²) < 4.78 is 26.8. The third kappa shape index (κ3) is 4.68. The molecular weight excluding hydrogens is 438 g/mol. The lowest BCUT2D eigenvalue weighted by atomic mass is 9.87. The van der Waals surface area contributed by atoms with Gasteiger partial charge in [0.1, 0.15) is 0 Å². The van der Waals surface area contributed by atoms with Gasteiger partial charge in [-0.15, -0.1) is 0 Å². The molecule has 0 radical (unpaired) electrons. The molecular formula is C25H31N3O4S. The zero-order valence-electron chi connectivity index (χ0n) is 19.2. The Balaban J connectivity index is 1.44. The van der Waals surface area contributed by atoms with Crippen LogP contribution in [0.5, 0.6) is 0 Å². The number of fused-ring (bicyclic) bond motifs is 1. The number of rotatable bonds is 7. The van der Waals surface area contributed by atoms with Crippen molar-refractivity contribution in [3.05, 3.63) is 59.7 Å². The number of hydrogen-bond acceptors (Lipinski definition) is 4. The van der Waals surface area contributed by atoms with Crippen LogP contribution in [0, 0.1) is 5.92 Å². The van der Waals surface area contributed by atoms with Gasteiger partial charge in [-0.1, -0.05) is 38.1 Å². The molecule has 0 aromatic heterocycles. The fraction of sp³-hybridized carbons (Fsp3) is 0.440. The van der Waals surface area contributed by atoms with E-state index in [0.717, 1.165) is 19.3 Å². The van der Waals surface area contributed by atoms with E-state index in [9.17, 15) is 18.0 Å². The van der Waals surface area contributed by atoms with Crippen LogP contribution in [-0.2, 0) is 26.0 Å². The molecule has 7 nitrogen and oxygen atoms in total. The highest BCUT2D eigenvalue weighted by molar-refractivity contribution is 7.89. The molecule has 0 saturated carbocycles. The van der Waals surface area contributed by atoms with Crippen molar-refractivity contribution in [2.75, 3.05) is 24.5 Å². The second kappa shape index (κ2) is 9.65. The molecule has 0 spiro atoms. The number of anilines is 1. The molecule has 33 heavy (non-hydrogen) atoms. The molecule has 2 aromatic rings. The number of benzene rings is 2. The summed E-state index contributed by atoms with van der Waals surface area (Å²) in [6.07, 6.45) is 3.11. The molecule has 1 aliphatic carbocycles. The van der Waals surface area contributed by atoms with Gasteiger partial charge in [-0.25, -0.2) is 8.42 Å². The first-order valence-corrected chi connectivity index (χ1v) is 13.1. The number of nitrogens with zero attached hydrogens (tertiary/aromatic N) is 2. The summed E-state index contributed by atoms with van der Waals surface area (Å²) in [7, 11) is -3.55. The molecule has 8 heteroatoms. The van der Waals surface area contributed by atoms with Crippen LogP contribution >= 0.6 is 0 Å². The van der Waals surface area contributed by atoms with Crippen LogP contribution in [0.15, 0.2) is 53.4 Å². The first-order chi connectivity index (χ1) is 15.8. The van der Waals surface area contributed by atoms with E-state index >= 15 is 0 Å². The second-order valence-electron chi connectivity index (χ2n) is 8.64. The smallest absolute Gasteiger partial charge is 0.243 e. The molecule has 2 aromatic carbocycles. The number of amides is 2. The lowest BCUT2D eigenvalue weighted by molar-refractivity contribution is -0.127. The highest BCUT2D eigenvalue weighted by Crippen LogP contribution is 2.31. The molecule has 176 valence electrons. The first-order valence-electron chi connectivity index (χ1n) is 11.6. The minimum Gasteiger partial charge on any atom is -0.349 e. The molecule has 1 fully saturated rings. The average molecular weight is 470 g/mol. The SMILES string of the molecule is CCN(CC)S(=O)(=O)c1ccc(N2C[C@H](C(=O)N[C@@H]3CCCc4ccccc43)CC2=O)cc1. The standard InChI is InChI=1S/C25H31N3O4S/c1-3-27(4-2)33(31,32)21-14-12-20(13-15-21)28-17-19(16-24(28)29)25(30)26-23-11-7-9-18-8-5-6-10-22(18)23/h5-6,8,10,12-15,19,23H,3-4,7,9,11,16-17H2,1-2H3,(H,26,30)/t19-,23-/m1/s1. The Morgan fingerprint density at radius 1 is 1.09 bits per heavy atom. The van der Waals surface area contributed by atoms with Gasteiger partial charge in [0, 0.05) is 31.7 Å². The largest absolute Gasteiger partial charge is 0.349 e. The molecule has 1 heterocycles. The van der Waals surface area contributed by atoms with E-state index < -0.39 is 15.9 Å². The van der Waals surface area contributed by atoms with Crippen molar-refractivity contribution in [3.63, 3.8) is 0 Å². The highest BCUT2D eigenvalue weighted by atomic mass is 32.2. The fourth-order valence-electron chi connectivity index (χ4n) is 4.84. The van der Waals surface area contributed by atoms with Crippen LogP contribution in [0.4, 0.5) is 5.69 Å². The maximum Gasteiger partial charge on any atom is 0.243 e. The summed E-state index contributed by atoms with van der Waals surface area (Å²) in [5, 5.41) is 3.16. The van der Waals surface area contributed by atoms with E-state index in [1.165, 1.54) is 27.6 Å². The highest BCUT2D eigenvalue weighted by Gasteiger charge is 2.36. The predicted molar refractivity (Wildman–Crippen MR) is 127 cm³/mol. The predicted octanol–water partition coefficient (Wildman–Crippen LogP) is 3.26. The van der Waals surface area contributed by atoms with Crippen molar-refractivity contribution in [1.82, 2.24) is 9.62 Å². The molecule has 0 unspecified atom stereocenters. The van der Waals surface area contributed by atoms with Crippen molar-refractivity contribution in [2.45, 2.75) is 50.5 Å². The topological polar surface area (TPSA) is 86.8 Å². The summed E-state index contributed by atoms with van der Waals surface area (Å²) in [4.78, 5) is 27.5. The van der Waals surface area contributed by atoms with Gasteiger partial charge in [-0.2, -0.15) is 4.31 Å². The van der Waals surface area contributed by atoms with Crippen molar-refractivity contribution >= 4 is 27.5 Å². The number of carbonyl (C=O) groups excluding carboxylic acids is 2. The third-order valence-electron chi connectivity index (χ3n) is 6.67. The number of hydrogen-bond donors (Lipinski definition) is 1. The third-order valence-corrected chi connectivity index (χ3v) is 8.74. The minimum atomic E-state index is -3.55. The Labute approximate surface area is 195 Å². The lowest BCUT2D eigenvalue weighted by Gasteiger charge is -2.27. The van der Waals surface area contributed by atoms with Gasteiger partial charge in [-0.05, 0) is 54.7 Å². The Hall–Kier alpha value is -2.71. The summed E-state index contributed by atoms with van der Waals surface area (Å²) in [6.45, 7) is 4.69. The van der Waals surface area contributed by atoms with E-state index in [4.69, 9.17) is 0 Å². The molecule has 2 amide bonds. The monoisotopic (exact) mass is 469 g/mol. The number of carbonyl (C=O) groups is 2. The van der Waals surface area contributed by atoms with Crippen LogP contribution in [0.25, 0.3) is 0 Å². The van der Waals surface area contributed by atoms with E-state index in [1.807, 2.05) is 12.1 Å². The zero-order chi connectivity index (χ0) is 23.6. The number of sulfonamides is 1. The quantitative estimate of drug-likeness (QED) is 0.674. The Morgan fingerprint density at radius 3 is 2.48 bits per heavy atom. The lowest BCUT2D eigenvalue weighted by Crippen LogP contribution is -2.36. The van der Waals surface area contributed by atoms with Crippen molar-refractivity contribution in [2.24, 2.45) is 5.92 Å². The van der Waals surface area contributed by atoms with Crippen LogP contribution < -0.4 is 10.2 Å². The Bertz CT molecular complexity index is 1130. The van der Waals surface area contributed by atoms with Gasteiger partial charge in [0.05, 0.1) is 16.9 Å². The molecule has 1 N–H and O–H groups in total. The maximum atomic E-state index is 13.0. The summed E-state index contributed by atoms with van der Waals surface area (Å²) in [6, 6.07) is 14.5. The van der Waals surface area contributed by atoms with Gasteiger partial charge in [0.15, 0.2) is 0 Å². The average Bonchev–Trinajstić information content (AvgIpc) is 3.22.